The maximum Gasteiger partial charge on any atom is 0.224 e. The molecule has 2 aromatic carbocycles. The molecule has 160 valence electrons. The molecule has 1 aliphatic heterocycles. The Morgan fingerprint density at radius 3 is 2.63 bits per heavy atom. The number of ether oxygens (including phenoxy) is 3. The van der Waals surface area contributed by atoms with E-state index in [0.29, 0.717) is 30.2 Å². The molecule has 30 heavy (non-hydrogen) atoms. The lowest BCUT2D eigenvalue weighted by Crippen LogP contribution is -2.16. The third-order valence-electron chi connectivity index (χ3n) is 4.81. The highest BCUT2D eigenvalue weighted by Crippen LogP contribution is 2.20. The number of rotatable bonds is 11. The van der Waals surface area contributed by atoms with E-state index in [1.807, 2.05) is 19.1 Å². The molecule has 0 bridgehead atoms. The first-order valence-corrected chi connectivity index (χ1v) is 10.5. The second-order valence-corrected chi connectivity index (χ2v) is 7.32. The lowest BCUT2D eigenvalue weighted by atomic mass is 10.1. The van der Waals surface area contributed by atoms with E-state index >= 15 is 0 Å². The third kappa shape index (κ3) is 6.88. The molecular weight excluding hydrogens is 382 g/mol. The molecule has 1 aliphatic rings. The predicted molar refractivity (Wildman–Crippen MR) is 115 cm³/mol. The van der Waals surface area contributed by atoms with Crippen LogP contribution in [0.3, 0.4) is 0 Å². The van der Waals surface area contributed by atoms with E-state index in [1.165, 1.54) is 0 Å². The Balaban J connectivity index is 1.43. The summed E-state index contributed by atoms with van der Waals surface area (Å²) in [6.07, 6.45) is 3.42. The van der Waals surface area contributed by atoms with Gasteiger partial charge in [0.1, 0.15) is 18.1 Å². The van der Waals surface area contributed by atoms with Crippen LogP contribution in [0.1, 0.15) is 49.4 Å². The highest BCUT2D eigenvalue weighted by Gasteiger charge is 2.16. The van der Waals surface area contributed by atoms with Gasteiger partial charge in [-0.2, -0.15) is 0 Å². The van der Waals surface area contributed by atoms with Gasteiger partial charge in [-0.1, -0.05) is 13.0 Å². The van der Waals surface area contributed by atoms with Crippen molar-refractivity contribution < 1.29 is 23.8 Å². The van der Waals surface area contributed by atoms with E-state index in [-0.39, 0.29) is 30.6 Å². The predicted octanol–water partition coefficient (Wildman–Crippen LogP) is 4.63. The Morgan fingerprint density at radius 1 is 1.07 bits per heavy atom. The second-order valence-electron chi connectivity index (χ2n) is 7.32. The average Bonchev–Trinajstić information content (AvgIpc) is 3.29. The fraction of sp³-hybridized carbons (Fsp3) is 0.417. The molecule has 1 heterocycles. The summed E-state index contributed by atoms with van der Waals surface area (Å²) in [6, 6.07) is 14.3. The molecule has 0 radical (unpaired) electrons. The number of carbonyl (C=O) groups is 2. The molecule has 0 aromatic heterocycles. The first-order chi connectivity index (χ1) is 14.6. The lowest BCUT2D eigenvalue weighted by molar-refractivity contribution is -0.116. The van der Waals surface area contributed by atoms with E-state index < -0.39 is 0 Å². The molecule has 6 heteroatoms. The summed E-state index contributed by atoms with van der Waals surface area (Å²) in [4.78, 5) is 24.6. The van der Waals surface area contributed by atoms with Crippen molar-refractivity contribution in [3.63, 3.8) is 0 Å². The zero-order valence-corrected chi connectivity index (χ0v) is 17.4. The van der Waals surface area contributed by atoms with Crippen LogP contribution >= 0.6 is 0 Å². The molecule has 3 rings (SSSR count). The van der Waals surface area contributed by atoms with Crippen molar-refractivity contribution in [3.8, 4) is 11.5 Å². The highest BCUT2D eigenvalue weighted by molar-refractivity contribution is 6.00. The minimum absolute atomic E-state index is 0.0687. The fourth-order valence-electron chi connectivity index (χ4n) is 3.18. The van der Waals surface area contributed by atoms with Gasteiger partial charge in [-0.15, -0.1) is 0 Å². The fourth-order valence-corrected chi connectivity index (χ4v) is 3.18. The number of hydrogen-bond donors (Lipinski definition) is 1. The standard InChI is InChI=1S/C24H29NO5/c1-2-14-28-20-10-8-18(9-11-20)23(26)12-13-24(27)25-19-5-3-6-21(16-19)30-17-22-7-4-15-29-22/h3,5-6,8-11,16,22H,2,4,7,12-15,17H2,1H3,(H,25,27). The van der Waals surface area contributed by atoms with Gasteiger partial charge >= 0.3 is 0 Å². The van der Waals surface area contributed by atoms with Crippen molar-refractivity contribution in [2.75, 3.05) is 25.1 Å². The van der Waals surface area contributed by atoms with Crippen LogP contribution in [-0.4, -0.2) is 37.6 Å². The number of carbonyl (C=O) groups excluding carboxylic acids is 2. The van der Waals surface area contributed by atoms with E-state index in [4.69, 9.17) is 14.2 Å². The highest BCUT2D eigenvalue weighted by atomic mass is 16.5. The van der Waals surface area contributed by atoms with Crippen LogP contribution in [-0.2, 0) is 9.53 Å². The van der Waals surface area contributed by atoms with Crippen LogP contribution in [0.4, 0.5) is 5.69 Å². The number of benzene rings is 2. The number of hydrogen-bond acceptors (Lipinski definition) is 5. The van der Waals surface area contributed by atoms with Crippen LogP contribution in [0.5, 0.6) is 11.5 Å². The first kappa shape index (κ1) is 21.8. The van der Waals surface area contributed by atoms with Gasteiger partial charge in [0.25, 0.3) is 0 Å². The molecule has 1 fully saturated rings. The second kappa shape index (κ2) is 11.4. The summed E-state index contributed by atoms with van der Waals surface area (Å²) in [6.45, 7) is 3.99. The van der Waals surface area contributed by atoms with Crippen LogP contribution < -0.4 is 14.8 Å². The van der Waals surface area contributed by atoms with Gasteiger partial charge in [-0.05, 0) is 55.7 Å². The molecule has 2 aromatic rings. The summed E-state index contributed by atoms with van der Waals surface area (Å²) >= 11 is 0. The zero-order valence-electron chi connectivity index (χ0n) is 17.4. The molecule has 0 aliphatic carbocycles. The van der Waals surface area contributed by atoms with Crippen molar-refractivity contribution in [1.82, 2.24) is 0 Å². The minimum Gasteiger partial charge on any atom is -0.494 e. The van der Waals surface area contributed by atoms with E-state index in [9.17, 15) is 9.59 Å². The van der Waals surface area contributed by atoms with Crippen molar-refractivity contribution in [1.29, 1.82) is 0 Å². The monoisotopic (exact) mass is 411 g/mol. The van der Waals surface area contributed by atoms with Gasteiger partial charge in [0, 0.05) is 36.8 Å². The molecular formula is C24H29NO5. The number of amides is 1. The van der Waals surface area contributed by atoms with Crippen molar-refractivity contribution in [2.24, 2.45) is 0 Å². The van der Waals surface area contributed by atoms with Crippen LogP contribution in [0.25, 0.3) is 0 Å². The Bertz CT molecular complexity index is 828. The van der Waals surface area contributed by atoms with E-state index in [2.05, 4.69) is 5.32 Å². The van der Waals surface area contributed by atoms with Gasteiger partial charge in [0.15, 0.2) is 5.78 Å². The Labute approximate surface area is 177 Å². The maximum atomic E-state index is 12.3. The smallest absolute Gasteiger partial charge is 0.224 e. The van der Waals surface area contributed by atoms with E-state index in [0.717, 1.165) is 31.6 Å². The Morgan fingerprint density at radius 2 is 1.90 bits per heavy atom. The van der Waals surface area contributed by atoms with Crippen molar-refractivity contribution in [2.45, 2.75) is 45.1 Å². The van der Waals surface area contributed by atoms with Crippen molar-refractivity contribution in [3.05, 3.63) is 54.1 Å². The molecule has 0 saturated carbocycles. The maximum absolute atomic E-state index is 12.3. The first-order valence-electron chi connectivity index (χ1n) is 10.5. The number of Topliss-reactive ketones (excluding diaryl/α,β-unsaturated/α-hetero) is 1. The van der Waals surface area contributed by atoms with Gasteiger partial charge in [-0.3, -0.25) is 9.59 Å². The zero-order chi connectivity index (χ0) is 21.2. The summed E-state index contributed by atoms with van der Waals surface area (Å²) in [5, 5.41) is 2.83. The summed E-state index contributed by atoms with van der Waals surface area (Å²) in [5.41, 5.74) is 1.23. The van der Waals surface area contributed by atoms with Gasteiger partial charge in [-0.25, -0.2) is 0 Å². The molecule has 1 atom stereocenters. The van der Waals surface area contributed by atoms with Gasteiger partial charge in [0.05, 0.1) is 12.7 Å². The van der Waals surface area contributed by atoms with Gasteiger partial charge < -0.3 is 19.5 Å². The lowest BCUT2D eigenvalue weighted by Gasteiger charge is -2.12. The van der Waals surface area contributed by atoms with Crippen LogP contribution in [0, 0.1) is 0 Å². The number of ketones is 1. The van der Waals surface area contributed by atoms with Crippen molar-refractivity contribution >= 4 is 17.4 Å². The third-order valence-corrected chi connectivity index (χ3v) is 4.81. The molecule has 1 unspecified atom stereocenters. The normalized spacial score (nSPS) is 15.6. The summed E-state index contributed by atoms with van der Waals surface area (Å²) < 4.78 is 16.8. The Hall–Kier alpha value is -2.86. The largest absolute Gasteiger partial charge is 0.494 e. The SMILES string of the molecule is CCCOc1ccc(C(=O)CCC(=O)Nc2cccc(OCC3CCCO3)c2)cc1. The number of nitrogens with one attached hydrogen (secondary N) is 1. The molecule has 6 nitrogen and oxygen atoms in total. The molecule has 0 spiro atoms. The molecule has 1 amide bonds. The summed E-state index contributed by atoms with van der Waals surface area (Å²) in [7, 11) is 0. The topological polar surface area (TPSA) is 73.9 Å². The van der Waals surface area contributed by atoms with Crippen LogP contribution in [0.2, 0.25) is 0 Å². The van der Waals surface area contributed by atoms with Gasteiger partial charge in [0.2, 0.25) is 5.91 Å². The van der Waals surface area contributed by atoms with Crippen LogP contribution in [0.15, 0.2) is 48.5 Å². The minimum atomic E-state index is -0.206. The van der Waals surface area contributed by atoms with E-state index in [1.54, 1.807) is 36.4 Å². The quantitative estimate of drug-likeness (QED) is 0.546. The Kier molecular flexibility index (Phi) is 8.27. The summed E-state index contributed by atoms with van der Waals surface area (Å²) in [5.74, 6) is 1.15. The average molecular weight is 411 g/mol. The molecule has 1 saturated heterocycles. The molecule has 1 N–H and O–H groups in total. The number of anilines is 1.